The van der Waals surface area contributed by atoms with Gasteiger partial charge in [-0.05, 0) is 30.0 Å². The number of amidine groups is 1. The highest BCUT2D eigenvalue weighted by Crippen LogP contribution is 2.28. The lowest BCUT2D eigenvalue weighted by Crippen LogP contribution is -2.26. The van der Waals surface area contributed by atoms with Crippen molar-refractivity contribution in [1.82, 2.24) is 15.6 Å². The lowest BCUT2D eigenvalue weighted by atomic mass is 10.0. The molecule has 8 nitrogen and oxygen atoms in total. The van der Waals surface area contributed by atoms with E-state index in [4.69, 9.17) is 22.1 Å². The largest absolute Gasteiger partial charge is 0.375 e. The predicted molar refractivity (Wildman–Crippen MR) is 105 cm³/mol. The minimum atomic E-state index is -0.645. The Balaban J connectivity index is 1.80. The first-order valence-electron chi connectivity index (χ1n) is 8.45. The SMILES string of the molecule is C=[N+]1NC(C#Cc2cc3nnc4c(c3cc2Cl)CCOC4)=C(C(N)=O)C1=NC. The zero-order valence-corrected chi connectivity index (χ0v) is 15.8. The first-order chi connectivity index (χ1) is 13.5. The van der Waals surface area contributed by atoms with E-state index < -0.39 is 5.91 Å². The molecule has 9 heteroatoms. The zero-order chi connectivity index (χ0) is 19.8. The quantitative estimate of drug-likeness (QED) is 0.546. The third kappa shape index (κ3) is 3.01. The molecule has 0 bridgehead atoms. The van der Waals surface area contributed by atoms with Crippen LogP contribution >= 0.6 is 11.6 Å². The Morgan fingerprint density at radius 3 is 3.00 bits per heavy atom. The van der Waals surface area contributed by atoms with Gasteiger partial charge >= 0.3 is 5.84 Å². The van der Waals surface area contributed by atoms with Gasteiger partial charge in [-0.3, -0.25) is 4.79 Å². The van der Waals surface area contributed by atoms with Crippen molar-refractivity contribution in [2.24, 2.45) is 10.7 Å². The van der Waals surface area contributed by atoms with E-state index in [1.54, 1.807) is 13.1 Å². The Hall–Kier alpha value is -3.28. The number of nitrogens with zero attached hydrogens (tertiary/aromatic N) is 4. The Morgan fingerprint density at radius 2 is 2.25 bits per heavy atom. The van der Waals surface area contributed by atoms with Crippen LogP contribution < -0.4 is 11.2 Å². The molecule has 2 aromatic rings. The minimum Gasteiger partial charge on any atom is -0.375 e. The summed E-state index contributed by atoms with van der Waals surface area (Å²) in [4.78, 5) is 15.8. The number of primary amides is 1. The number of nitrogens with two attached hydrogens (primary N) is 1. The number of ether oxygens (including phenoxy) is 1. The number of benzene rings is 1. The van der Waals surface area contributed by atoms with E-state index in [1.165, 1.54) is 4.68 Å². The number of aliphatic imine (C=N–C) groups is 1. The first kappa shape index (κ1) is 18.1. The summed E-state index contributed by atoms with van der Waals surface area (Å²) in [5.41, 5.74) is 12.0. The molecule has 1 aromatic carbocycles. The third-order valence-corrected chi connectivity index (χ3v) is 4.84. The number of amides is 1. The molecule has 2 aliphatic rings. The molecule has 4 rings (SSSR count). The number of carbonyl (C=O) groups is 1. The van der Waals surface area contributed by atoms with Crippen LogP contribution in [0.1, 0.15) is 16.8 Å². The fraction of sp³-hybridized carbons (Fsp3) is 0.211. The molecular formula is C19H16ClN6O2+. The standard InChI is InChI=1S/C19H15ClN6O2/c1-22-19-17(18(21)27)14(25-26(19)2)4-3-10-7-15-12(8-13(10)20)11-5-6-28-9-16(11)24-23-15/h7-8H,2,5-6,9H2,1H3,(H2-,21,22,25,27)/p+1. The van der Waals surface area contributed by atoms with Gasteiger partial charge in [-0.25, -0.2) is 5.43 Å². The summed E-state index contributed by atoms with van der Waals surface area (Å²) >= 11 is 6.46. The van der Waals surface area contributed by atoms with Gasteiger partial charge in [0.15, 0.2) is 5.57 Å². The zero-order valence-electron chi connectivity index (χ0n) is 15.0. The van der Waals surface area contributed by atoms with Crippen LogP contribution in [-0.4, -0.2) is 47.0 Å². The number of halogens is 1. The summed E-state index contributed by atoms with van der Waals surface area (Å²) in [6.07, 6.45) is 0.764. The Kier molecular flexibility index (Phi) is 4.55. The Bertz CT molecular complexity index is 1170. The fourth-order valence-electron chi connectivity index (χ4n) is 3.23. The average molecular weight is 396 g/mol. The molecule has 1 amide bonds. The van der Waals surface area contributed by atoms with Gasteiger partial charge in [-0.1, -0.05) is 22.5 Å². The number of hydrazine groups is 1. The van der Waals surface area contributed by atoms with Crippen LogP contribution in [0.15, 0.2) is 28.4 Å². The average Bonchev–Trinajstić information content (AvgIpc) is 3.02. The van der Waals surface area contributed by atoms with Crippen LogP contribution in [0.3, 0.4) is 0 Å². The van der Waals surface area contributed by atoms with E-state index in [0.717, 1.165) is 23.1 Å². The van der Waals surface area contributed by atoms with E-state index in [0.29, 0.717) is 40.8 Å². The maximum atomic E-state index is 11.8. The highest BCUT2D eigenvalue weighted by molar-refractivity contribution is 6.32. The summed E-state index contributed by atoms with van der Waals surface area (Å²) in [5.74, 6) is 5.53. The van der Waals surface area contributed by atoms with E-state index in [-0.39, 0.29) is 5.57 Å². The second-order valence-electron chi connectivity index (χ2n) is 6.23. The second kappa shape index (κ2) is 7.03. The number of hydrazone groups is 1. The van der Waals surface area contributed by atoms with Crippen molar-refractivity contribution in [3.8, 4) is 11.8 Å². The number of allylic oxidation sites excluding steroid dienone is 1. The van der Waals surface area contributed by atoms with Crippen molar-refractivity contribution in [3.05, 3.63) is 45.2 Å². The summed E-state index contributed by atoms with van der Waals surface area (Å²) in [5, 5.41) is 9.93. The Labute approximate surface area is 165 Å². The highest BCUT2D eigenvalue weighted by atomic mass is 35.5. The maximum Gasteiger partial charge on any atom is 0.355 e. The number of fused-ring (bicyclic) bond motifs is 3. The maximum absolute atomic E-state index is 11.8. The highest BCUT2D eigenvalue weighted by Gasteiger charge is 2.34. The van der Waals surface area contributed by atoms with Crippen LogP contribution in [0, 0.1) is 11.8 Å². The predicted octanol–water partition coefficient (Wildman–Crippen LogP) is 0.706. The lowest BCUT2D eigenvalue weighted by Gasteiger charge is -2.16. The van der Waals surface area contributed by atoms with Gasteiger partial charge in [0, 0.05) is 10.9 Å². The molecule has 0 saturated heterocycles. The molecule has 0 atom stereocenters. The second-order valence-corrected chi connectivity index (χ2v) is 6.64. The van der Waals surface area contributed by atoms with E-state index in [1.807, 2.05) is 6.07 Å². The Morgan fingerprint density at radius 1 is 1.43 bits per heavy atom. The number of aromatic nitrogens is 2. The van der Waals surface area contributed by atoms with Gasteiger partial charge in [0.1, 0.15) is 12.7 Å². The monoisotopic (exact) mass is 395 g/mol. The summed E-state index contributed by atoms with van der Waals surface area (Å²) in [6.45, 7) is 4.85. The van der Waals surface area contributed by atoms with Crippen molar-refractivity contribution < 1.29 is 14.2 Å². The number of rotatable bonds is 1. The molecule has 0 spiro atoms. The van der Waals surface area contributed by atoms with Gasteiger partial charge in [0.05, 0.1) is 36.2 Å². The molecule has 0 fully saturated rings. The number of hydrogen-bond donors (Lipinski definition) is 2. The van der Waals surface area contributed by atoms with Gasteiger partial charge < -0.3 is 10.5 Å². The van der Waals surface area contributed by atoms with Crippen LogP contribution in [0.4, 0.5) is 0 Å². The van der Waals surface area contributed by atoms with Gasteiger partial charge in [0.25, 0.3) is 5.91 Å². The molecule has 0 unspecified atom stereocenters. The molecule has 0 saturated carbocycles. The molecule has 2 aliphatic heterocycles. The first-order valence-corrected chi connectivity index (χ1v) is 8.83. The van der Waals surface area contributed by atoms with Crippen molar-refractivity contribution in [3.63, 3.8) is 0 Å². The topological polar surface area (TPSA) is 105 Å². The summed E-state index contributed by atoms with van der Waals surface area (Å²) < 4.78 is 6.76. The molecule has 28 heavy (non-hydrogen) atoms. The lowest BCUT2D eigenvalue weighted by molar-refractivity contribution is -0.449. The molecule has 140 valence electrons. The summed E-state index contributed by atoms with van der Waals surface area (Å²) in [6, 6.07) is 3.63. The van der Waals surface area contributed by atoms with Crippen LogP contribution in [0.5, 0.6) is 0 Å². The van der Waals surface area contributed by atoms with Gasteiger partial charge in [-0.15, -0.1) is 4.68 Å². The van der Waals surface area contributed by atoms with Crippen molar-refractivity contribution in [2.45, 2.75) is 13.0 Å². The van der Waals surface area contributed by atoms with Crippen LogP contribution in [-0.2, 0) is 22.6 Å². The number of hydrogen-bond acceptors (Lipinski definition) is 6. The van der Waals surface area contributed by atoms with Crippen molar-refractivity contribution in [2.75, 3.05) is 13.7 Å². The number of nitrogens with one attached hydrogen (secondary N) is 1. The van der Waals surface area contributed by atoms with E-state index in [2.05, 4.69) is 39.2 Å². The van der Waals surface area contributed by atoms with Crippen molar-refractivity contribution in [1.29, 1.82) is 0 Å². The fourth-order valence-corrected chi connectivity index (χ4v) is 3.44. The molecule has 3 N–H and O–H groups in total. The normalized spacial score (nSPS) is 17.4. The molecule has 1 aromatic heterocycles. The van der Waals surface area contributed by atoms with E-state index >= 15 is 0 Å². The smallest absolute Gasteiger partial charge is 0.355 e. The molecule has 3 heterocycles. The third-order valence-electron chi connectivity index (χ3n) is 4.53. The van der Waals surface area contributed by atoms with E-state index in [9.17, 15) is 4.79 Å². The summed E-state index contributed by atoms with van der Waals surface area (Å²) in [7, 11) is 1.54. The van der Waals surface area contributed by atoms with Crippen molar-refractivity contribution >= 4 is 41.0 Å². The number of carbonyl (C=O) groups excluding carboxylic acids is 1. The minimum absolute atomic E-state index is 0.177. The van der Waals surface area contributed by atoms with Gasteiger partial charge in [-0.2, -0.15) is 10.2 Å². The van der Waals surface area contributed by atoms with Gasteiger partial charge in [0.2, 0.25) is 0 Å². The van der Waals surface area contributed by atoms with Crippen LogP contribution in [0.25, 0.3) is 10.9 Å². The molecule has 0 radical (unpaired) electrons. The molecule has 0 aliphatic carbocycles. The van der Waals surface area contributed by atoms with Crippen LogP contribution in [0.2, 0.25) is 5.02 Å². The molecular weight excluding hydrogens is 380 g/mol.